The first-order valence-corrected chi connectivity index (χ1v) is 5.38. The van der Waals surface area contributed by atoms with E-state index in [2.05, 4.69) is 0 Å². The zero-order valence-electron chi connectivity index (χ0n) is 8.50. The van der Waals surface area contributed by atoms with E-state index < -0.39 is 12.2 Å². The summed E-state index contributed by atoms with van der Waals surface area (Å²) < 4.78 is 0. The van der Waals surface area contributed by atoms with Gasteiger partial charge in [-0.3, -0.25) is 4.90 Å². The van der Waals surface area contributed by atoms with Crippen molar-refractivity contribution in [1.29, 1.82) is 0 Å². The highest BCUT2D eigenvalue weighted by molar-refractivity contribution is 5.00. The molecule has 0 aromatic rings. The van der Waals surface area contributed by atoms with Crippen molar-refractivity contribution in [3.8, 4) is 0 Å². The average Bonchev–Trinajstić information content (AvgIpc) is 2.95. The van der Waals surface area contributed by atoms with Crippen LogP contribution in [0.2, 0.25) is 0 Å². The van der Waals surface area contributed by atoms with Crippen molar-refractivity contribution in [3.63, 3.8) is 0 Å². The largest absolute Gasteiger partial charge is 0.395 e. The molecule has 4 nitrogen and oxygen atoms in total. The maximum Gasteiger partial charge on any atom is 0.0991 e. The molecule has 0 aromatic heterocycles. The van der Waals surface area contributed by atoms with Crippen molar-refractivity contribution in [2.75, 3.05) is 13.2 Å². The van der Waals surface area contributed by atoms with E-state index in [4.69, 9.17) is 5.11 Å². The molecule has 14 heavy (non-hydrogen) atoms. The van der Waals surface area contributed by atoms with Gasteiger partial charge in [0.15, 0.2) is 0 Å². The molecule has 2 aliphatic rings. The van der Waals surface area contributed by atoms with Crippen molar-refractivity contribution < 1.29 is 15.3 Å². The van der Waals surface area contributed by atoms with E-state index in [0.717, 1.165) is 6.54 Å². The van der Waals surface area contributed by atoms with Gasteiger partial charge in [0.1, 0.15) is 0 Å². The van der Waals surface area contributed by atoms with Gasteiger partial charge in [-0.15, -0.1) is 0 Å². The zero-order chi connectivity index (χ0) is 10.3. The van der Waals surface area contributed by atoms with Crippen LogP contribution in [-0.4, -0.2) is 57.7 Å². The molecular weight excluding hydrogens is 182 g/mol. The molecule has 0 bridgehead atoms. The molecule has 1 aliphatic heterocycles. The minimum absolute atomic E-state index is 0.0391. The van der Waals surface area contributed by atoms with Gasteiger partial charge in [0.25, 0.3) is 0 Å². The lowest BCUT2D eigenvalue weighted by molar-refractivity contribution is 0.0187. The first-order chi connectivity index (χ1) is 6.65. The van der Waals surface area contributed by atoms with Gasteiger partial charge >= 0.3 is 0 Å². The van der Waals surface area contributed by atoms with Gasteiger partial charge in [-0.25, -0.2) is 0 Å². The number of aliphatic hydroxyl groups is 3. The summed E-state index contributed by atoms with van der Waals surface area (Å²) in [6.45, 7) is 2.74. The Bertz CT molecular complexity index is 208. The van der Waals surface area contributed by atoms with E-state index >= 15 is 0 Å². The molecule has 4 heteroatoms. The lowest BCUT2D eigenvalue weighted by Crippen LogP contribution is -2.41. The molecule has 1 saturated heterocycles. The highest BCUT2D eigenvalue weighted by atomic mass is 16.3. The summed E-state index contributed by atoms with van der Waals surface area (Å²) in [6, 6.07) is -0.316. The van der Waals surface area contributed by atoms with Gasteiger partial charge in [-0.05, 0) is 25.7 Å². The number of hydrogen-bond donors (Lipinski definition) is 3. The van der Waals surface area contributed by atoms with Crippen molar-refractivity contribution in [2.24, 2.45) is 5.92 Å². The lowest BCUT2D eigenvalue weighted by atomic mass is 10.1. The van der Waals surface area contributed by atoms with Gasteiger partial charge in [0, 0.05) is 12.6 Å². The van der Waals surface area contributed by atoms with Crippen LogP contribution in [0.1, 0.15) is 19.8 Å². The fourth-order valence-corrected chi connectivity index (χ4v) is 2.32. The number of likely N-dealkylation sites (tertiary alicyclic amines) is 1. The predicted molar refractivity (Wildman–Crippen MR) is 51.8 cm³/mol. The topological polar surface area (TPSA) is 63.9 Å². The average molecular weight is 201 g/mol. The summed E-state index contributed by atoms with van der Waals surface area (Å²) in [6.07, 6.45) is 0.973. The first-order valence-electron chi connectivity index (χ1n) is 5.38. The van der Waals surface area contributed by atoms with Crippen LogP contribution >= 0.6 is 0 Å². The summed E-state index contributed by atoms with van der Waals surface area (Å²) in [5.74, 6) is 0.712. The molecule has 82 valence electrons. The Labute approximate surface area is 84.2 Å². The van der Waals surface area contributed by atoms with Gasteiger partial charge in [0.2, 0.25) is 0 Å². The molecule has 4 atom stereocenters. The third-order valence-electron chi connectivity index (χ3n) is 3.54. The number of hydrogen-bond acceptors (Lipinski definition) is 4. The predicted octanol–water partition coefficient (Wildman–Crippen LogP) is -0.817. The summed E-state index contributed by atoms with van der Waals surface area (Å²) in [4.78, 5) is 2.05. The standard InChI is InChI=1S/C10H19NO3/c1-6-9(13)10(14)8(5-12)11(6)4-7-2-3-7/h6-10,12-14H,2-5H2,1H3/t6-,8+,9-,10+/m0/s1. The fraction of sp³-hybridized carbons (Fsp3) is 1.00. The summed E-state index contributed by atoms with van der Waals surface area (Å²) in [5, 5.41) is 28.5. The molecule has 1 heterocycles. The molecule has 2 rings (SSSR count). The minimum atomic E-state index is -0.797. The molecule has 0 unspecified atom stereocenters. The number of nitrogens with zero attached hydrogens (tertiary/aromatic N) is 1. The van der Waals surface area contributed by atoms with Gasteiger partial charge in [0.05, 0.1) is 24.9 Å². The molecule has 0 spiro atoms. The van der Waals surface area contributed by atoms with Crippen molar-refractivity contribution >= 4 is 0 Å². The molecule has 0 aromatic carbocycles. The molecule has 3 N–H and O–H groups in total. The van der Waals surface area contributed by atoms with E-state index in [1.807, 2.05) is 11.8 Å². The van der Waals surface area contributed by atoms with Gasteiger partial charge < -0.3 is 15.3 Å². The van der Waals surface area contributed by atoms with Crippen LogP contribution in [0.15, 0.2) is 0 Å². The molecule has 2 fully saturated rings. The number of rotatable bonds is 3. The Morgan fingerprint density at radius 2 is 1.86 bits per heavy atom. The van der Waals surface area contributed by atoms with E-state index in [9.17, 15) is 10.2 Å². The summed E-state index contributed by atoms with van der Waals surface area (Å²) >= 11 is 0. The third kappa shape index (κ3) is 1.67. The highest BCUT2D eigenvalue weighted by Gasteiger charge is 2.46. The highest BCUT2D eigenvalue weighted by Crippen LogP contribution is 2.34. The monoisotopic (exact) mass is 201 g/mol. The Hall–Kier alpha value is -0.160. The second-order valence-corrected chi connectivity index (χ2v) is 4.61. The van der Waals surface area contributed by atoms with Crippen LogP contribution < -0.4 is 0 Å². The van der Waals surface area contributed by atoms with Crippen LogP contribution in [0.25, 0.3) is 0 Å². The van der Waals surface area contributed by atoms with Crippen LogP contribution in [0.4, 0.5) is 0 Å². The SMILES string of the molecule is C[C@H]1[C@H](O)[C@H](O)[C@@H](CO)N1CC1CC1. The van der Waals surface area contributed by atoms with Crippen molar-refractivity contribution in [1.82, 2.24) is 4.90 Å². The third-order valence-corrected chi connectivity index (χ3v) is 3.54. The van der Waals surface area contributed by atoms with Crippen LogP contribution in [0.5, 0.6) is 0 Å². The molecule has 0 amide bonds. The summed E-state index contributed by atoms with van der Waals surface area (Å²) in [5.41, 5.74) is 0. The molecule has 1 aliphatic carbocycles. The quantitative estimate of drug-likeness (QED) is 0.558. The number of aliphatic hydroxyl groups excluding tert-OH is 3. The lowest BCUT2D eigenvalue weighted by Gasteiger charge is -2.27. The Kier molecular flexibility index (Phi) is 2.79. The van der Waals surface area contributed by atoms with E-state index in [0.29, 0.717) is 5.92 Å². The molecular formula is C10H19NO3. The smallest absolute Gasteiger partial charge is 0.0991 e. The van der Waals surface area contributed by atoms with Crippen molar-refractivity contribution in [2.45, 2.75) is 44.1 Å². The minimum Gasteiger partial charge on any atom is -0.395 e. The first kappa shape index (κ1) is 10.4. The second kappa shape index (κ2) is 3.77. The van der Waals surface area contributed by atoms with Crippen LogP contribution in [-0.2, 0) is 0 Å². The van der Waals surface area contributed by atoms with E-state index in [1.54, 1.807) is 0 Å². The Balaban J connectivity index is 2.03. The van der Waals surface area contributed by atoms with Gasteiger partial charge in [-0.2, -0.15) is 0 Å². The normalized spacial score (nSPS) is 44.6. The fourth-order valence-electron chi connectivity index (χ4n) is 2.32. The van der Waals surface area contributed by atoms with Gasteiger partial charge in [-0.1, -0.05) is 0 Å². The van der Waals surface area contributed by atoms with Crippen LogP contribution in [0, 0.1) is 5.92 Å². The van der Waals surface area contributed by atoms with Crippen LogP contribution in [0.3, 0.4) is 0 Å². The maximum atomic E-state index is 9.68. The Morgan fingerprint density at radius 1 is 1.21 bits per heavy atom. The van der Waals surface area contributed by atoms with E-state index in [1.165, 1.54) is 12.8 Å². The Morgan fingerprint density at radius 3 is 2.36 bits per heavy atom. The maximum absolute atomic E-state index is 9.68. The second-order valence-electron chi connectivity index (χ2n) is 4.61. The zero-order valence-corrected chi connectivity index (χ0v) is 8.50. The summed E-state index contributed by atoms with van der Waals surface area (Å²) in [7, 11) is 0. The van der Waals surface area contributed by atoms with E-state index in [-0.39, 0.29) is 18.7 Å². The molecule has 1 saturated carbocycles. The molecule has 0 radical (unpaired) electrons. The van der Waals surface area contributed by atoms with Crippen molar-refractivity contribution in [3.05, 3.63) is 0 Å².